The first-order chi connectivity index (χ1) is 26.8. The van der Waals surface area contributed by atoms with Crippen molar-refractivity contribution in [3.8, 4) is 33.4 Å². The second-order valence-corrected chi connectivity index (χ2v) is 15.4. The number of rotatable bonds is 3. The summed E-state index contributed by atoms with van der Waals surface area (Å²) < 4.78 is 9.34. The van der Waals surface area contributed by atoms with Gasteiger partial charge < -0.3 is 4.42 Å². The van der Waals surface area contributed by atoms with E-state index in [1.807, 2.05) is 11.3 Å². The largest absolute Gasteiger partial charge is 0.455 e. The van der Waals surface area contributed by atoms with E-state index in [0.29, 0.717) is 0 Å². The Morgan fingerprint density at radius 3 is 1.65 bits per heavy atom. The normalized spacial score (nSPS) is 12.1. The second kappa shape index (κ2) is 11.4. The van der Waals surface area contributed by atoms with E-state index in [9.17, 15) is 0 Å². The van der Waals surface area contributed by atoms with Crippen molar-refractivity contribution in [2.24, 2.45) is 0 Å². The van der Waals surface area contributed by atoms with E-state index in [2.05, 4.69) is 182 Å². The van der Waals surface area contributed by atoms with Crippen molar-refractivity contribution in [1.82, 2.24) is 0 Å². The highest BCUT2D eigenvalue weighted by Crippen LogP contribution is 2.47. The van der Waals surface area contributed by atoms with Gasteiger partial charge in [0.2, 0.25) is 0 Å². The van der Waals surface area contributed by atoms with Gasteiger partial charge in [0.15, 0.2) is 5.58 Å². The highest BCUT2D eigenvalue weighted by Gasteiger charge is 2.20. The molecule has 2 aromatic heterocycles. The van der Waals surface area contributed by atoms with E-state index < -0.39 is 0 Å². The zero-order valence-corrected chi connectivity index (χ0v) is 30.0. The fraction of sp³-hybridized carbons (Fsp3) is 0. The maximum absolute atomic E-state index is 6.84. The molecule has 1 nitrogen and oxygen atoms in total. The molecule has 0 N–H and O–H groups in total. The lowest BCUT2D eigenvalue weighted by Crippen LogP contribution is -1.91. The smallest absolute Gasteiger partial charge is 0.153 e. The molecule has 12 rings (SSSR count). The van der Waals surface area contributed by atoms with Crippen LogP contribution in [0.3, 0.4) is 0 Å². The van der Waals surface area contributed by atoms with Crippen LogP contribution >= 0.6 is 11.3 Å². The van der Waals surface area contributed by atoms with Crippen molar-refractivity contribution < 1.29 is 4.42 Å². The van der Waals surface area contributed by atoms with Crippen molar-refractivity contribution in [2.75, 3.05) is 0 Å². The molecule has 12 aromatic rings. The van der Waals surface area contributed by atoms with Crippen molar-refractivity contribution >= 4 is 96.5 Å². The molecule has 0 radical (unpaired) electrons. The lowest BCUT2D eigenvalue weighted by atomic mass is 9.84. The topological polar surface area (TPSA) is 13.1 Å². The molecule has 0 atom stereocenters. The summed E-state index contributed by atoms with van der Waals surface area (Å²) in [4.78, 5) is 0. The molecule has 10 aromatic carbocycles. The molecule has 0 aliphatic rings. The Balaban J connectivity index is 1.06. The lowest BCUT2D eigenvalue weighted by Gasteiger charge is -2.19. The van der Waals surface area contributed by atoms with Crippen LogP contribution in [-0.2, 0) is 0 Å². The van der Waals surface area contributed by atoms with Crippen LogP contribution in [0.25, 0.3) is 119 Å². The average molecular weight is 703 g/mol. The Kier molecular flexibility index (Phi) is 6.28. The summed E-state index contributed by atoms with van der Waals surface area (Å²) in [7, 11) is 0. The first-order valence-corrected chi connectivity index (χ1v) is 19.3. The van der Waals surface area contributed by atoms with Gasteiger partial charge >= 0.3 is 0 Å². The Morgan fingerprint density at radius 1 is 0.352 bits per heavy atom. The molecule has 2 heteroatoms. The maximum Gasteiger partial charge on any atom is 0.153 e. The number of benzene rings is 10. The SMILES string of the molecule is c1ccc2c(-c3c4ccccc4c(-c4ccc(-c5cc6oc7c(ccc8c9ccccc9sc87)c6c6ccccc56)cc4)c4ccccc34)cccc2c1. The van der Waals surface area contributed by atoms with Crippen LogP contribution in [0.2, 0.25) is 0 Å². The summed E-state index contributed by atoms with van der Waals surface area (Å²) in [5, 5.41) is 14.9. The van der Waals surface area contributed by atoms with Gasteiger partial charge in [-0.3, -0.25) is 0 Å². The van der Waals surface area contributed by atoms with E-state index in [1.54, 1.807) is 0 Å². The quantitative estimate of drug-likeness (QED) is 0.167. The zero-order valence-electron chi connectivity index (χ0n) is 29.1. The summed E-state index contributed by atoms with van der Waals surface area (Å²) in [6, 6.07) is 66.6. The van der Waals surface area contributed by atoms with Gasteiger partial charge in [-0.15, -0.1) is 11.3 Å². The predicted molar refractivity (Wildman–Crippen MR) is 233 cm³/mol. The Morgan fingerprint density at radius 2 is 0.907 bits per heavy atom. The molecule has 250 valence electrons. The molecular weight excluding hydrogens is 673 g/mol. The standard InChI is InChI=1S/C52H30OS/c1-2-14-34-31(12-1)13-11-22-37(34)49-41-20-7-5-18-39(41)48(40-19-6-8-21-42(40)49)33-26-24-32(25-27-33)45-30-46-50(38-17-4-3-15-35(38)45)44-29-28-43-36-16-9-10-23-47(36)54-52(43)51(44)53-46/h1-30H. The third-order valence-electron chi connectivity index (χ3n) is 11.5. The molecule has 54 heavy (non-hydrogen) atoms. The molecule has 0 saturated carbocycles. The zero-order chi connectivity index (χ0) is 35.3. The molecule has 0 saturated heterocycles. The van der Waals surface area contributed by atoms with Crippen LogP contribution in [0.15, 0.2) is 186 Å². The van der Waals surface area contributed by atoms with Crippen molar-refractivity contribution in [3.63, 3.8) is 0 Å². The molecule has 0 unspecified atom stereocenters. The Hall–Kier alpha value is -6.74. The van der Waals surface area contributed by atoms with Gasteiger partial charge in [-0.05, 0) is 94.7 Å². The summed E-state index contributed by atoms with van der Waals surface area (Å²) in [6.07, 6.45) is 0. The number of thiophene rings is 1. The van der Waals surface area contributed by atoms with Gasteiger partial charge in [0.1, 0.15) is 5.58 Å². The van der Waals surface area contributed by atoms with Crippen LogP contribution in [0.5, 0.6) is 0 Å². The third-order valence-corrected chi connectivity index (χ3v) is 12.7. The van der Waals surface area contributed by atoms with Crippen molar-refractivity contribution in [3.05, 3.63) is 182 Å². The number of hydrogen-bond acceptors (Lipinski definition) is 2. The van der Waals surface area contributed by atoms with Crippen LogP contribution in [0.1, 0.15) is 0 Å². The van der Waals surface area contributed by atoms with Crippen LogP contribution in [0, 0.1) is 0 Å². The summed E-state index contributed by atoms with van der Waals surface area (Å²) in [5.74, 6) is 0. The highest BCUT2D eigenvalue weighted by atomic mass is 32.1. The monoisotopic (exact) mass is 702 g/mol. The Bertz CT molecular complexity index is 3430. The first kappa shape index (κ1) is 29.8. The molecule has 0 aliphatic carbocycles. The number of hydrogen-bond donors (Lipinski definition) is 0. The average Bonchev–Trinajstić information content (AvgIpc) is 3.81. The van der Waals surface area contributed by atoms with E-state index in [0.717, 1.165) is 11.2 Å². The van der Waals surface area contributed by atoms with E-state index in [4.69, 9.17) is 4.42 Å². The van der Waals surface area contributed by atoms with Gasteiger partial charge in [0, 0.05) is 26.2 Å². The van der Waals surface area contributed by atoms with Crippen molar-refractivity contribution in [2.45, 2.75) is 0 Å². The molecule has 0 bridgehead atoms. The second-order valence-electron chi connectivity index (χ2n) is 14.3. The number of fused-ring (bicyclic) bond motifs is 12. The predicted octanol–water partition coefficient (Wildman–Crippen LogP) is 15.6. The van der Waals surface area contributed by atoms with Gasteiger partial charge in [-0.1, -0.05) is 164 Å². The van der Waals surface area contributed by atoms with E-state index >= 15 is 0 Å². The van der Waals surface area contributed by atoms with Crippen molar-refractivity contribution in [1.29, 1.82) is 0 Å². The van der Waals surface area contributed by atoms with E-state index in [1.165, 1.54) is 107 Å². The third kappa shape index (κ3) is 4.20. The first-order valence-electron chi connectivity index (χ1n) is 18.5. The van der Waals surface area contributed by atoms with Gasteiger partial charge in [-0.2, -0.15) is 0 Å². The van der Waals surface area contributed by atoms with Crippen LogP contribution in [0.4, 0.5) is 0 Å². The molecule has 0 amide bonds. The summed E-state index contributed by atoms with van der Waals surface area (Å²) in [6.45, 7) is 0. The molecule has 0 fully saturated rings. The molecule has 2 heterocycles. The molecular formula is C52H30OS. The minimum atomic E-state index is 0.925. The van der Waals surface area contributed by atoms with Crippen LogP contribution in [-0.4, -0.2) is 0 Å². The van der Waals surface area contributed by atoms with Gasteiger partial charge in [0.25, 0.3) is 0 Å². The highest BCUT2D eigenvalue weighted by molar-refractivity contribution is 7.26. The minimum Gasteiger partial charge on any atom is -0.455 e. The fourth-order valence-electron chi connectivity index (χ4n) is 9.11. The summed E-state index contributed by atoms with van der Waals surface area (Å²) >= 11 is 1.82. The summed E-state index contributed by atoms with van der Waals surface area (Å²) in [5.41, 5.74) is 9.28. The Labute approximate surface area is 314 Å². The fourth-order valence-corrected chi connectivity index (χ4v) is 10.3. The van der Waals surface area contributed by atoms with Crippen LogP contribution < -0.4 is 0 Å². The minimum absolute atomic E-state index is 0.925. The lowest BCUT2D eigenvalue weighted by molar-refractivity contribution is 0.673. The van der Waals surface area contributed by atoms with Gasteiger partial charge in [0.05, 0.1) is 4.70 Å². The maximum atomic E-state index is 6.84. The number of furan rings is 1. The molecule has 0 aliphatic heterocycles. The van der Waals surface area contributed by atoms with E-state index in [-0.39, 0.29) is 0 Å². The molecule has 0 spiro atoms. The van der Waals surface area contributed by atoms with Gasteiger partial charge in [-0.25, -0.2) is 0 Å².